The van der Waals surface area contributed by atoms with Crippen LogP contribution in [-0.2, 0) is 6.42 Å². The zero-order valence-electron chi connectivity index (χ0n) is 10.7. The van der Waals surface area contributed by atoms with Gasteiger partial charge in [-0.25, -0.2) is 4.39 Å². The number of hydrogen-bond donors (Lipinski definition) is 1. The van der Waals surface area contributed by atoms with Gasteiger partial charge in [0.15, 0.2) is 0 Å². The highest BCUT2D eigenvalue weighted by Gasteiger charge is 2.22. The second-order valence-corrected chi connectivity index (χ2v) is 4.88. The van der Waals surface area contributed by atoms with Crippen LogP contribution in [0.4, 0.5) is 4.39 Å². The number of rotatable bonds is 6. The molecule has 18 heavy (non-hydrogen) atoms. The summed E-state index contributed by atoms with van der Waals surface area (Å²) < 4.78 is 19.3. The average Bonchev–Trinajstić information content (AvgIpc) is 3.13. The molecule has 2 rings (SSSR count). The van der Waals surface area contributed by atoms with Crippen molar-refractivity contribution in [3.63, 3.8) is 0 Å². The van der Waals surface area contributed by atoms with Crippen molar-refractivity contribution in [1.82, 2.24) is 0 Å². The third-order valence-electron chi connectivity index (χ3n) is 3.21. The van der Waals surface area contributed by atoms with Gasteiger partial charge in [0.1, 0.15) is 11.6 Å². The van der Waals surface area contributed by atoms with Crippen molar-refractivity contribution in [1.29, 1.82) is 0 Å². The Labute approximate surface area is 114 Å². The van der Waals surface area contributed by atoms with Crippen molar-refractivity contribution in [3.8, 4) is 5.75 Å². The van der Waals surface area contributed by atoms with E-state index >= 15 is 0 Å². The van der Waals surface area contributed by atoms with Crippen LogP contribution in [0.3, 0.4) is 0 Å². The summed E-state index contributed by atoms with van der Waals surface area (Å²) in [5, 5.41) is 0. The third kappa shape index (κ3) is 4.46. The average molecular weight is 274 g/mol. The summed E-state index contributed by atoms with van der Waals surface area (Å²) in [6.45, 7) is 2.73. The lowest BCUT2D eigenvalue weighted by Crippen LogP contribution is -2.21. The summed E-state index contributed by atoms with van der Waals surface area (Å²) in [4.78, 5) is 0. The van der Waals surface area contributed by atoms with Crippen molar-refractivity contribution in [3.05, 3.63) is 29.6 Å². The lowest BCUT2D eigenvalue weighted by Gasteiger charge is -2.11. The highest BCUT2D eigenvalue weighted by Crippen LogP contribution is 2.29. The minimum absolute atomic E-state index is 0. The molecule has 0 saturated heterocycles. The van der Waals surface area contributed by atoms with E-state index in [9.17, 15) is 4.39 Å². The van der Waals surface area contributed by atoms with Crippen molar-refractivity contribution in [2.24, 2.45) is 11.7 Å². The Morgan fingerprint density at radius 3 is 2.72 bits per heavy atom. The molecule has 0 heterocycles. The zero-order valence-corrected chi connectivity index (χ0v) is 11.5. The molecule has 1 unspecified atom stereocenters. The Kier molecular flexibility index (Phi) is 5.89. The van der Waals surface area contributed by atoms with E-state index in [2.05, 4.69) is 0 Å². The number of halogens is 2. The van der Waals surface area contributed by atoms with E-state index in [-0.39, 0.29) is 24.3 Å². The van der Waals surface area contributed by atoms with Gasteiger partial charge in [0.05, 0.1) is 6.61 Å². The Morgan fingerprint density at radius 2 is 2.17 bits per heavy atom. The molecule has 1 aromatic rings. The van der Waals surface area contributed by atoms with Crippen LogP contribution in [0, 0.1) is 11.7 Å². The molecule has 0 radical (unpaired) electrons. The van der Waals surface area contributed by atoms with Gasteiger partial charge < -0.3 is 10.5 Å². The summed E-state index contributed by atoms with van der Waals surface area (Å²) >= 11 is 0. The van der Waals surface area contributed by atoms with E-state index in [4.69, 9.17) is 10.5 Å². The Bertz CT molecular complexity index is 382. The van der Waals surface area contributed by atoms with Crippen LogP contribution in [0.2, 0.25) is 0 Å². The minimum atomic E-state index is -0.206. The smallest absolute Gasteiger partial charge is 0.130 e. The monoisotopic (exact) mass is 273 g/mol. The lowest BCUT2D eigenvalue weighted by atomic mass is 10.0. The number of nitrogens with two attached hydrogens (primary N) is 1. The fraction of sp³-hybridized carbons (Fsp3) is 0.571. The molecule has 2 N–H and O–H groups in total. The number of ether oxygens (including phenoxy) is 1. The molecule has 0 aliphatic heterocycles. The van der Waals surface area contributed by atoms with E-state index in [1.807, 2.05) is 13.0 Å². The van der Waals surface area contributed by atoms with Gasteiger partial charge in [0.2, 0.25) is 0 Å². The van der Waals surface area contributed by atoms with Crippen LogP contribution >= 0.6 is 12.4 Å². The minimum Gasteiger partial charge on any atom is -0.493 e. The molecule has 1 aliphatic rings. The van der Waals surface area contributed by atoms with E-state index in [0.29, 0.717) is 30.3 Å². The molecule has 4 heteroatoms. The summed E-state index contributed by atoms with van der Waals surface area (Å²) in [5.74, 6) is 1.11. The fourth-order valence-corrected chi connectivity index (χ4v) is 1.71. The predicted molar refractivity (Wildman–Crippen MR) is 73.8 cm³/mol. The van der Waals surface area contributed by atoms with Crippen LogP contribution in [0.15, 0.2) is 18.2 Å². The number of benzene rings is 1. The molecule has 1 saturated carbocycles. The topological polar surface area (TPSA) is 35.2 Å². The van der Waals surface area contributed by atoms with Crippen LogP contribution in [0.1, 0.15) is 31.7 Å². The van der Waals surface area contributed by atoms with Gasteiger partial charge in [-0.15, -0.1) is 12.4 Å². The number of hydrogen-bond acceptors (Lipinski definition) is 2. The predicted octanol–water partition coefficient (Wildman–Crippen LogP) is 3.32. The summed E-state index contributed by atoms with van der Waals surface area (Å²) in [5.41, 5.74) is 6.50. The van der Waals surface area contributed by atoms with E-state index in [1.54, 1.807) is 6.07 Å². The van der Waals surface area contributed by atoms with Gasteiger partial charge in [-0.1, -0.05) is 13.0 Å². The molecule has 0 spiro atoms. The molecule has 1 fully saturated rings. The second kappa shape index (κ2) is 6.95. The van der Waals surface area contributed by atoms with Crippen molar-refractivity contribution in [2.45, 2.75) is 38.6 Å². The Morgan fingerprint density at radius 1 is 1.44 bits per heavy atom. The molecular formula is C14H21ClFNO. The maximum Gasteiger partial charge on any atom is 0.130 e. The summed E-state index contributed by atoms with van der Waals surface area (Å²) in [6.07, 6.45) is 3.93. The quantitative estimate of drug-likeness (QED) is 0.863. The first kappa shape index (κ1) is 15.3. The van der Waals surface area contributed by atoms with Crippen molar-refractivity contribution < 1.29 is 9.13 Å². The molecular weight excluding hydrogens is 253 g/mol. The molecule has 1 aliphatic carbocycles. The van der Waals surface area contributed by atoms with Gasteiger partial charge >= 0.3 is 0 Å². The highest BCUT2D eigenvalue weighted by molar-refractivity contribution is 5.85. The maximum atomic E-state index is 13.8. The molecule has 1 atom stereocenters. The Balaban J connectivity index is 0.00000162. The first-order chi connectivity index (χ1) is 8.19. The lowest BCUT2D eigenvalue weighted by molar-refractivity contribution is 0.298. The third-order valence-corrected chi connectivity index (χ3v) is 3.21. The van der Waals surface area contributed by atoms with Gasteiger partial charge in [-0.3, -0.25) is 0 Å². The highest BCUT2D eigenvalue weighted by atomic mass is 35.5. The first-order valence-corrected chi connectivity index (χ1v) is 6.36. The zero-order chi connectivity index (χ0) is 12.3. The molecule has 0 amide bonds. The largest absolute Gasteiger partial charge is 0.493 e. The van der Waals surface area contributed by atoms with Crippen LogP contribution in [-0.4, -0.2) is 12.6 Å². The molecule has 0 aromatic heterocycles. The van der Waals surface area contributed by atoms with Gasteiger partial charge in [0.25, 0.3) is 0 Å². The van der Waals surface area contributed by atoms with E-state index in [0.717, 1.165) is 6.42 Å². The molecule has 1 aromatic carbocycles. The molecule has 102 valence electrons. The van der Waals surface area contributed by atoms with Crippen LogP contribution in [0.5, 0.6) is 5.75 Å². The first-order valence-electron chi connectivity index (χ1n) is 6.36. The fourth-order valence-electron chi connectivity index (χ4n) is 1.71. The second-order valence-electron chi connectivity index (χ2n) is 4.88. The van der Waals surface area contributed by atoms with Crippen molar-refractivity contribution in [2.75, 3.05) is 6.61 Å². The van der Waals surface area contributed by atoms with E-state index < -0.39 is 0 Å². The summed E-state index contributed by atoms with van der Waals surface area (Å²) in [7, 11) is 0. The van der Waals surface area contributed by atoms with Crippen LogP contribution in [0.25, 0.3) is 0 Å². The maximum absolute atomic E-state index is 13.8. The summed E-state index contributed by atoms with van der Waals surface area (Å²) in [6, 6.07) is 5.12. The van der Waals surface area contributed by atoms with Crippen molar-refractivity contribution >= 4 is 12.4 Å². The van der Waals surface area contributed by atoms with Crippen LogP contribution < -0.4 is 10.5 Å². The normalized spacial score (nSPS) is 15.9. The van der Waals surface area contributed by atoms with E-state index in [1.165, 1.54) is 18.9 Å². The van der Waals surface area contributed by atoms with Gasteiger partial charge in [0, 0.05) is 12.1 Å². The molecule has 0 bridgehead atoms. The SMILES string of the molecule is CCC(N)Cc1ccc(OCC2CC2)cc1F.Cl. The van der Waals surface area contributed by atoms with Gasteiger partial charge in [-0.05, 0) is 43.2 Å². The standard InChI is InChI=1S/C14H20FNO.ClH/c1-2-12(16)7-11-5-6-13(8-14(11)15)17-9-10-3-4-10;/h5-6,8,10,12H,2-4,7,9,16H2,1H3;1H. The Hall–Kier alpha value is -0.800. The molecule has 2 nitrogen and oxygen atoms in total. The van der Waals surface area contributed by atoms with Gasteiger partial charge in [-0.2, -0.15) is 0 Å².